The van der Waals surface area contributed by atoms with E-state index in [1.807, 2.05) is 11.8 Å². The van der Waals surface area contributed by atoms with Gasteiger partial charge in [-0.1, -0.05) is 6.92 Å². The van der Waals surface area contributed by atoms with Crippen LogP contribution in [0.15, 0.2) is 12.1 Å². The molecule has 1 aliphatic heterocycles. The third-order valence-electron chi connectivity index (χ3n) is 4.29. The maximum Gasteiger partial charge on any atom is 0.222 e. The Morgan fingerprint density at radius 2 is 1.87 bits per heavy atom. The Bertz CT molecular complexity index is 545. The number of nitrogens with zero attached hydrogens (tertiary/aromatic N) is 1. The van der Waals surface area contributed by atoms with Gasteiger partial charge in [0.25, 0.3) is 0 Å². The van der Waals surface area contributed by atoms with Gasteiger partial charge in [0.05, 0.1) is 14.2 Å². The van der Waals surface area contributed by atoms with Crippen LogP contribution in [0.25, 0.3) is 0 Å². The Morgan fingerprint density at radius 1 is 1.26 bits per heavy atom. The number of hydrogen-bond donors (Lipinski definition) is 1. The monoisotopic (exact) mass is 324 g/mol. The number of benzene rings is 1. The van der Waals surface area contributed by atoms with Crippen LogP contribution in [0, 0.1) is 5.82 Å². The minimum absolute atomic E-state index is 0.0679. The number of amides is 1. The van der Waals surface area contributed by atoms with Crippen LogP contribution in [0.3, 0.4) is 0 Å². The predicted octanol–water partition coefficient (Wildman–Crippen LogP) is 2.16. The molecule has 23 heavy (non-hydrogen) atoms. The molecule has 1 aromatic carbocycles. The summed E-state index contributed by atoms with van der Waals surface area (Å²) < 4.78 is 24.6. The molecular weight excluding hydrogens is 299 g/mol. The van der Waals surface area contributed by atoms with Gasteiger partial charge >= 0.3 is 0 Å². The van der Waals surface area contributed by atoms with Crippen molar-refractivity contribution in [3.05, 3.63) is 23.5 Å². The van der Waals surface area contributed by atoms with Gasteiger partial charge in [-0.25, -0.2) is 4.39 Å². The van der Waals surface area contributed by atoms with Crippen LogP contribution in [0.1, 0.15) is 31.2 Å². The number of methoxy groups -OCH3 is 2. The number of rotatable bonds is 6. The molecule has 0 spiro atoms. The summed E-state index contributed by atoms with van der Waals surface area (Å²) in [5, 5.41) is 3.22. The Hall–Kier alpha value is -1.82. The molecule has 1 atom stereocenters. The van der Waals surface area contributed by atoms with Gasteiger partial charge in [-0.2, -0.15) is 0 Å². The fourth-order valence-corrected chi connectivity index (χ4v) is 2.82. The Labute approximate surface area is 136 Å². The van der Waals surface area contributed by atoms with E-state index in [1.54, 1.807) is 6.07 Å². The third-order valence-corrected chi connectivity index (χ3v) is 4.29. The molecule has 128 valence electrons. The molecule has 6 heteroatoms. The summed E-state index contributed by atoms with van der Waals surface area (Å²) in [4.78, 5) is 14.1. The fourth-order valence-electron chi connectivity index (χ4n) is 2.82. The first kappa shape index (κ1) is 17.5. The SMILES string of the molecule is COc1cc(F)c(C(C)CCC(=O)N2CCNCC2)cc1OC. The largest absolute Gasteiger partial charge is 0.493 e. The maximum atomic E-state index is 14.2. The lowest BCUT2D eigenvalue weighted by Crippen LogP contribution is -2.46. The van der Waals surface area contributed by atoms with Crippen molar-refractivity contribution in [3.8, 4) is 11.5 Å². The first-order valence-corrected chi connectivity index (χ1v) is 7.96. The van der Waals surface area contributed by atoms with Crippen molar-refractivity contribution in [1.29, 1.82) is 0 Å². The van der Waals surface area contributed by atoms with Crippen molar-refractivity contribution >= 4 is 5.91 Å². The second-order valence-electron chi connectivity index (χ2n) is 5.80. The zero-order valence-corrected chi connectivity index (χ0v) is 14.0. The summed E-state index contributed by atoms with van der Waals surface area (Å²) in [6, 6.07) is 3.00. The van der Waals surface area contributed by atoms with Crippen molar-refractivity contribution in [3.63, 3.8) is 0 Å². The highest BCUT2D eigenvalue weighted by Crippen LogP contribution is 2.34. The van der Waals surface area contributed by atoms with E-state index in [1.165, 1.54) is 20.3 Å². The van der Waals surface area contributed by atoms with Gasteiger partial charge < -0.3 is 19.7 Å². The fraction of sp³-hybridized carbons (Fsp3) is 0.588. The number of carbonyl (C=O) groups excluding carboxylic acids is 1. The number of halogens is 1. The summed E-state index contributed by atoms with van der Waals surface area (Å²) in [5.41, 5.74) is 0.552. The number of ether oxygens (including phenoxy) is 2. The first-order valence-electron chi connectivity index (χ1n) is 7.96. The predicted molar refractivity (Wildman–Crippen MR) is 86.6 cm³/mol. The van der Waals surface area contributed by atoms with Crippen LogP contribution in [0.2, 0.25) is 0 Å². The molecule has 1 amide bonds. The van der Waals surface area contributed by atoms with Gasteiger partial charge in [-0.15, -0.1) is 0 Å². The molecule has 0 radical (unpaired) electrons. The zero-order chi connectivity index (χ0) is 16.8. The highest BCUT2D eigenvalue weighted by Gasteiger charge is 2.20. The molecule has 0 aliphatic carbocycles. The molecule has 1 unspecified atom stereocenters. The summed E-state index contributed by atoms with van der Waals surface area (Å²) in [6.45, 7) is 5.10. The van der Waals surface area contributed by atoms with Crippen molar-refractivity contribution in [2.45, 2.75) is 25.7 Å². The van der Waals surface area contributed by atoms with E-state index in [0.717, 1.165) is 26.2 Å². The van der Waals surface area contributed by atoms with E-state index in [4.69, 9.17) is 9.47 Å². The van der Waals surface area contributed by atoms with Crippen LogP contribution in [0.5, 0.6) is 11.5 Å². The molecule has 1 saturated heterocycles. The van der Waals surface area contributed by atoms with E-state index in [-0.39, 0.29) is 17.6 Å². The molecule has 0 bridgehead atoms. The molecule has 1 aliphatic rings. The normalized spacial score (nSPS) is 16.1. The summed E-state index contributed by atoms with van der Waals surface area (Å²) >= 11 is 0. The molecule has 5 nitrogen and oxygen atoms in total. The van der Waals surface area contributed by atoms with Crippen molar-refractivity contribution in [2.75, 3.05) is 40.4 Å². The van der Waals surface area contributed by atoms with Gasteiger partial charge in [0, 0.05) is 38.7 Å². The minimum Gasteiger partial charge on any atom is -0.493 e. The molecule has 1 heterocycles. The number of carbonyl (C=O) groups is 1. The summed E-state index contributed by atoms with van der Waals surface area (Å²) in [6.07, 6.45) is 1.03. The quantitative estimate of drug-likeness (QED) is 0.871. The minimum atomic E-state index is -0.329. The summed E-state index contributed by atoms with van der Waals surface area (Å²) in [5.74, 6) is 0.618. The van der Waals surface area contributed by atoms with Crippen LogP contribution < -0.4 is 14.8 Å². The van der Waals surface area contributed by atoms with Gasteiger partial charge in [-0.3, -0.25) is 4.79 Å². The first-order chi connectivity index (χ1) is 11.1. The van der Waals surface area contributed by atoms with E-state index < -0.39 is 0 Å². The molecule has 1 fully saturated rings. The van der Waals surface area contributed by atoms with Crippen LogP contribution in [-0.2, 0) is 4.79 Å². The lowest BCUT2D eigenvalue weighted by Gasteiger charge is -2.28. The topological polar surface area (TPSA) is 50.8 Å². The second-order valence-corrected chi connectivity index (χ2v) is 5.80. The smallest absolute Gasteiger partial charge is 0.222 e. The lowest BCUT2D eigenvalue weighted by atomic mass is 9.95. The average Bonchev–Trinajstić information content (AvgIpc) is 2.59. The van der Waals surface area contributed by atoms with E-state index in [9.17, 15) is 9.18 Å². The van der Waals surface area contributed by atoms with Gasteiger partial charge in [0.1, 0.15) is 5.82 Å². The van der Waals surface area contributed by atoms with E-state index in [0.29, 0.717) is 29.9 Å². The molecule has 1 aromatic rings. The van der Waals surface area contributed by atoms with Crippen molar-refractivity contribution in [1.82, 2.24) is 10.2 Å². The number of nitrogens with one attached hydrogen (secondary N) is 1. The van der Waals surface area contributed by atoms with E-state index in [2.05, 4.69) is 5.32 Å². The maximum absolute atomic E-state index is 14.2. The molecule has 2 rings (SSSR count). The average molecular weight is 324 g/mol. The zero-order valence-electron chi connectivity index (χ0n) is 14.0. The Morgan fingerprint density at radius 3 is 2.48 bits per heavy atom. The van der Waals surface area contributed by atoms with Gasteiger partial charge in [0.2, 0.25) is 5.91 Å². The lowest BCUT2D eigenvalue weighted by molar-refractivity contribution is -0.131. The van der Waals surface area contributed by atoms with Crippen molar-refractivity contribution < 1.29 is 18.7 Å². The number of hydrogen-bond acceptors (Lipinski definition) is 4. The second kappa shape index (κ2) is 8.15. The summed E-state index contributed by atoms with van der Waals surface area (Å²) in [7, 11) is 3.00. The van der Waals surface area contributed by atoms with Crippen LogP contribution in [0.4, 0.5) is 4.39 Å². The Kier molecular flexibility index (Phi) is 6.21. The standard InChI is InChI=1S/C17H25FN2O3/c1-12(4-5-17(21)20-8-6-19-7-9-20)13-10-15(22-2)16(23-3)11-14(13)18/h10-12,19H,4-9H2,1-3H3. The molecule has 1 N–H and O–H groups in total. The third kappa shape index (κ3) is 4.34. The van der Waals surface area contributed by atoms with Crippen LogP contribution >= 0.6 is 0 Å². The Balaban J connectivity index is 1.99. The highest BCUT2D eigenvalue weighted by molar-refractivity contribution is 5.76. The van der Waals surface area contributed by atoms with Gasteiger partial charge in [0.15, 0.2) is 11.5 Å². The van der Waals surface area contributed by atoms with E-state index >= 15 is 0 Å². The highest BCUT2D eigenvalue weighted by atomic mass is 19.1. The number of piperazine rings is 1. The van der Waals surface area contributed by atoms with Crippen molar-refractivity contribution in [2.24, 2.45) is 0 Å². The molecular formula is C17H25FN2O3. The van der Waals surface area contributed by atoms with Gasteiger partial charge in [-0.05, 0) is 24.0 Å². The molecule has 0 aromatic heterocycles. The molecule has 0 saturated carbocycles. The van der Waals surface area contributed by atoms with Crippen LogP contribution in [-0.4, -0.2) is 51.2 Å².